The van der Waals surface area contributed by atoms with Gasteiger partial charge in [0.1, 0.15) is 0 Å². The first-order valence-electron chi connectivity index (χ1n) is 7.91. The van der Waals surface area contributed by atoms with E-state index in [9.17, 15) is 0 Å². The maximum absolute atomic E-state index is 3.86. The molecule has 0 fully saturated rings. The Morgan fingerprint density at radius 1 is 0.609 bits per heavy atom. The van der Waals surface area contributed by atoms with Gasteiger partial charge in [0, 0.05) is 0 Å². The van der Waals surface area contributed by atoms with E-state index in [1.54, 1.807) is 10.7 Å². The first-order chi connectivity index (χ1) is 11.4. The van der Waals surface area contributed by atoms with Gasteiger partial charge in [-0.15, -0.1) is 0 Å². The third kappa shape index (κ3) is 5.74. The van der Waals surface area contributed by atoms with Crippen LogP contribution < -0.4 is 10.7 Å². The summed E-state index contributed by atoms with van der Waals surface area (Å²) in [6.07, 6.45) is 0.934. The molecule has 0 amide bonds. The molecule has 0 bridgehead atoms. The summed E-state index contributed by atoms with van der Waals surface area (Å²) < 4.78 is 4.63. The Morgan fingerprint density at radius 2 is 0.870 bits per heavy atom. The third-order valence-electron chi connectivity index (χ3n) is 3.56. The third-order valence-corrected chi connectivity index (χ3v) is 12.9. The summed E-state index contributed by atoms with van der Waals surface area (Å²) in [5.74, 6) is 0.903. The van der Waals surface area contributed by atoms with Crippen LogP contribution in [0.5, 0.6) is 0 Å². The van der Waals surface area contributed by atoms with Crippen LogP contribution in [-0.2, 0) is 0 Å². The zero-order valence-electron chi connectivity index (χ0n) is 13.3. The molecule has 0 aliphatic carbocycles. The van der Waals surface area contributed by atoms with Crippen molar-refractivity contribution in [2.75, 3.05) is 5.75 Å². The van der Waals surface area contributed by atoms with E-state index in [1.165, 1.54) is 0 Å². The van der Waals surface area contributed by atoms with Gasteiger partial charge in [-0.05, 0) is 12.2 Å². The minimum absolute atomic E-state index is 0.903. The maximum atomic E-state index is 3.86. The number of thiol groups is 1. The summed E-state index contributed by atoms with van der Waals surface area (Å²) in [5.41, 5.74) is 0. The van der Waals surface area contributed by atoms with Gasteiger partial charge in [-0.1, -0.05) is 6.92 Å². The summed E-state index contributed by atoms with van der Waals surface area (Å²) in [5, 5.41) is 0. The molecule has 2 heteroatoms. The predicted molar refractivity (Wildman–Crippen MR) is 109 cm³/mol. The van der Waals surface area contributed by atoms with Gasteiger partial charge < -0.3 is 0 Å². The fraction of sp³-hybridized carbons (Fsp3) is 0.0952. The average Bonchev–Trinajstić information content (AvgIpc) is 2.65. The van der Waals surface area contributed by atoms with Gasteiger partial charge in [-0.25, -0.2) is 0 Å². The Morgan fingerprint density at radius 3 is 1.09 bits per heavy atom. The van der Waals surface area contributed by atoms with E-state index in [2.05, 4.69) is 111 Å². The Labute approximate surface area is 152 Å². The van der Waals surface area contributed by atoms with E-state index in [1.807, 2.05) is 0 Å². The van der Waals surface area contributed by atoms with Crippen molar-refractivity contribution in [1.82, 2.24) is 0 Å². The van der Waals surface area contributed by atoms with Crippen LogP contribution in [0.25, 0.3) is 0 Å². The molecular weight excluding hydrogens is 403 g/mol. The fourth-order valence-corrected chi connectivity index (χ4v) is 11.0. The molecule has 0 aromatic heterocycles. The second-order valence-corrected chi connectivity index (χ2v) is 13.9. The molecule has 0 nitrogen and oxygen atoms in total. The molecule has 23 heavy (non-hydrogen) atoms. The van der Waals surface area contributed by atoms with Crippen LogP contribution in [0.15, 0.2) is 91.0 Å². The molecule has 0 aliphatic heterocycles. The van der Waals surface area contributed by atoms with Gasteiger partial charge in [0.15, 0.2) is 0 Å². The standard InChI is InChI=1S/3C6H5.C3H7S.Sn.H/c3*1-2-4-6-5-3-1;1-2-3-4;;/h3*1-5H;4H,1-3H2;;. The van der Waals surface area contributed by atoms with E-state index in [-0.39, 0.29) is 0 Å². The van der Waals surface area contributed by atoms with Gasteiger partial charge in [0.25, 0.3) is 0 Å². The van der Waals surface area contributed by atoms with Crippen LogP contribution in [-0.4, -0.2) is 25.5 Å². The molecule has 0 saturated carbocycles. The SMILES string of the molecule is [CH2]CCS.c1cc[c]([SnH]([c]2ccccc2)[c]2ccccc2)cc1. The van der Waals surface area contributed by atoms with Gasteiger partial charge in [-0.2, -0.15) is 12.6 Å². The Bertz CT molecular complexity index is 557. The molecule has 0 unspecified atom stereocenters. The van der Waals surface area contributed by atoms with E-state index in [4.69, 9.17) is 0 Å². The summed E-state index contributed by atoms with van der Waals surface area (Å²) >= 11 is 1.72. The molecule has 3 aromatic carbocycles. The first-order valence-corrected chi connectivity index (χ1v) is 13.5. The first kappa shape index (κ1) is 18.2. The van der Waals surface area contributed by atoms with E-state index in [0.717, 1.165) is 12.2 Å². The van der Waals surface area contributed by atoms with Gasteiger partial charge in [0.2, 0.25) is 0 Å². The van der Waals surface area contributed by atoms with E-state index in [0.29, 0.717) is 0 Å². The van der Waals surface area contributed by atoms with Crippen LogP contribution in [0.3, 0.4) is 0 Å². The van der Waals surface area contributed by atoms with E-state index < -0.39 is 19.8 Å². The van der Waals surface area contributed by atoms with Crippen molar-refractivity contribution in [3.63, 3.8) is 0 Å². The molecule has 0 atom stereocenters. The van der Waals surface area contributed by atoms with Crippen molar-refractivity contribution in [1.29, 1.82) is 0 Å². The van der Waals surface area contributed by atoms with Crippen LogP contribution in [0.4, 0.5) is 0 Å². The molecule has 3 rings (SSSR count). The van der Waals surface area contributed by atoms with Crippen molar-refractivity contribution in [3.8, 4) is 0 Å². The van der Waals surface area contributed by atoms with Crippen LogP contribution >= 0.6 is 12.6 Å². The topological polar surface area (TPSA) is 0 Å². The molecule has 0 aliphatic rings. The quantitative estimate of drug-likeness (QED) is 0.482. The second kappa shape index (κ2) is 10.6. The molecule has 3 aromatic rings. The second-order valence-electron chi connectivity index (χ2n) is 5.24. The molecular formula is C21H23SSn. The number of rotatable bonds is 4. The number of benzene rings is 3. The van der Waals surface area contributed by atoms with Gasteiger partial charge in [0.05, 0.1) is 0 Å². The molecule has 0 N–H and O–H groups in total. The monoisotopic (exact) mass is 427 g/mol. The summed E-state index contributed by atoms with van der Waals surface area (Å²) in [4.78, 5) is 0. The summed E-state index contributed by atoms with van der Waals surface area (Å²) in [7, 11) is 0. The van der Waals surface area contributed by atoms with Gasteiger partial charge >= 0.3 is 121 Å². The van der Waals surface area contributed by atoms with Crippen molar-refractivity contribution >= 4 is 43.1 Å². The predicted octanol–water partition coefficient (Wildman–Crippen LogP) is 3.08. The normalized spacial score (nSPS) is 10.0. The fourth-order valence-electron chi connectivity index (χ4n) is 2.51. The Balaban J connectivity index is 0.000000433. The Hall–Kier alpha value is -1.19. The zero-order chi connectivity index (χ0) is 16.3. The van der Waals surface area contributed by atoms with Crippen molar-refractivity contribution < 1.29 is 0 Å². The van der Waals surface area contributed by atoms with Crippen molar-refractivity contribution in [2.45, 2.75) is 6.42 Å². The van der Waals surface area contributed by atoms with Crippen LogP contribution in [0, 0.1) is 6.92 Å². The number of hydrogen-bond donors (Lipinski definition) is 1. The molecule has 0 spiro atoms. The molecule has 0 saturated heterocycles. The molecule has 1 radical (unpaired) electrons. The van der Waals surface area contributed by atoms with Crippen LogP contribution in [0.2, 0.25) is 0 Å². The van der Waals surface area contributed by atoms with Crippen molar-refractivity contribution in [2.24, 2.45) is 0 Å². The molecule has 117 valence electrons. The van der Waals surface area contributed by atoms with E-state index >= 15 is 0 Å². The molecule has 0 heterocycles. The zero-order valence-corrected chi connectivity index (χ0v) is 17.5. The van der Waals surface area contributed by atoms with Crippen molar-refractivity contribution in [3.05, 3.63) is 97.9 Å². The minimum atomic E-state index is -2.14. The van der Waals surface area contributed by atoms with Gasteiger partial charge in [-0.3, -0.25) is 0 Å². The summed E-state index contributed by atoms with van der Waals surface area (Å²) in [6, 6.07) is 33.0. The average molecular weight is 426 g/mol. The number of hydrogen-bond acceptors (Lipinski definition) is 1. The Kier molecular flexibility index (Phi) is 8.33. The van der Waals surface area contributed by atoms with Crippen LogP contribution in [0.1, 0.15) is 6.42 Å². The summed E-state index contributed by atoms with van der Waals surface area (Å²) in [6.45, 7) is 3.53.